The number of hydrogen-bond acceptors (Lipinski definition) is 3. The molecule has 0 spiro atoms. The van der Waals surface area contributed by atoms with E-state index < -0.39 is 11.7 Å². The zero-order chi connectivity index (χ0) is 14.9. The van der Waals surface area contributed by atoms with Crippen molar-refractivity contribution in [1.29, 1.82) is 0 Å². The fourth-order valence-electron chi connectivity index (χ4n) is 1.64. The summed E-state index contributed by atoms with van der Waals surface area (Å²) in [6, 6.07) is 4.96. The first-order valence-corrected chi connectivity index (χ1v) is 7.15. The van der Waals surface area contributed by atoms with Gasteiger partial charge >= 0.3 is 0 Å². The van der Waals surface area contributed by atoms with Gasteiger partial charge in [0.1, 0.15) is 0 Å². The van der Waals surface area contributed by atoms with Gasteiger partial charge < -0.3 is 11.1 Å². The van der Waals surface area contributed by atoms with Crippen molar-refractivity contribution < 1.29 is 9.18 Å². The number of carbonyl (C=O) groups excluding carboxylic acids is 1. The van der Waals surface area contributed by atoms with Gasteiger partial charge in [0.25, 0.3) is 5.91 Å². The SMILES string of the molecule is Cc1cc(Br)c(NC(=O)c2ccnc(N)c2F)c(Br)c1. The molecule has 0 bridgehead atoms. The molecule has 0 fully saturated rings. The first kappa shape index (κ1) is 14.9. The Labute approximate surface area is 131 Å². The van der Waals surface area contributed by atoms with E-state index in [9.17, 15) is 9.18 Å². The predicted molar refractivity (Wildman–Crippen MR) is 83.1 cm³/mol. The maximum Gasteiger partial charge on any atom is 0.258 e. The number of aromatic nitrogens is 1. The van der Waals surface area contributed by atoms with Gasteiger partial charge in [-0.25, -0.2) is 9.37 Å². The van der Waals surface area contributed by atoms with Gasteiger partial charge in [0.05, 0.1) is 11.3 Å². The van der Waals surface area contributed by atoms with Gasteiger partial charge in [0.15, 0.2) is 11.6 Å². The highest BCUT2D eigenvalue weighted by Gasteiger charge is 2.17. The van der Waals surface area contributed by atoms with E-state index in [4.69, 9.17) is 5.73 Å². The fourth-order valence-corrected chi connectivity index (χ4v) is 3.25. The van der Waals surface area contributed by atoms with Crippen LogP contribution in [-0.4, -0.2) is 10.9 Å². The van der Waals surface area contributed by atoms with Crippen LogP contribution in [0.25, 0.3) is 0 Å². The van der Waals surface area contributed by atoms with Crippen LogP contribution in [0.1, 0.15) is 15.9 Å². The molecule has 0 aliphatic rings. The summed E-state index contributed by atoms with van der Waals surface area (Å²) in [4.78, 5) is 15.7. The summed E-state index contributed by atoms with van der Waals surface area (Å²) in [7, 11) is 0. The molecule has 1 heterocycles. The van der Waals surface area contributed by atoms with E-state index in [0.717, 1.165) is 5.56 Å². The average molecular weight is 403 g/mol. The molecule has 20 heavy (non-hydrogen) atoms. The van der Waals surface area contributed by atoms with Crippen molar-refractivity contribution in [3.05, 3.63) is 50.3 Å². The number of nitrogens with one attached hydrogen (secondary N) is 1. The molecule has 1 amide bonds. The van der Waals surface area contributed by atoms with Crippen LogP contribution in [-0.2, 0) is 0 Å². The monoisotopic (exact) mass is 401 g/mol. The second-order valence-electron chi connectivity index (χ2n) is 4.12. The van der Waals surface area contributed by atoms with Crippen molar-refractivity contribution in [2.45, 2.75) is 6.92 Å². The molecule has 104 valence electrons. The molecule has 2 rings (SSSR count). The highest BCUT2D eigenvalue weighted by Crippen LogP contribution is 2.32. The number of rotatable bonds is 2. The van der Waals surface area contributed by atoms with Gasteiger partial charge in [0.2, 0.25) is 0 Å². The summed E-state index contributed by atoms with van der Waals surface area (Å²) in [5.74, 6) is -1.73. The third kappa shape index (κ3) is 2.99. The third-order valence-corrected chi connectivity index (χ3v) is 3.84. The number of hydrogen-bond donors (Lipinski definition) is 2. The number of nitrogen functional groups attached to an aromatic ring is 1. The first-order valence-electron chi connectivity index (χ1n) is 5.57. The fraction of sp³-hybridized carbons (Fsp3) is 0.0769. The number of carbonyl (C=O) groups is 1. The molecule has 0 aliphatic carbocycles. The summed E-state index contributed by atoms with van der Waals surface area (Å²) < 4.78 is 15.1. The van der Waals surface area contributed by atoms with E-state index >= 15 is 0 Å². The van der Waals surface area contributed by atoms with Crippen molar-refractivity contribution >= 4 is 49.3 Å². The number of anilines is 2. The number of pyridine rings is 1. The van der Waals surface area contributed by atoms with Crippen LogP contribution in [0.3, 0.4) is 0 Å². The topological polar surface area (TPSA) is 68.0 Å². The molecule has 0 radical (unpaired) electrons. The van der Waals surface area contributed by atoms with E-state index in [2.05, 4.69) is 42.2 Å². The van der Waals surface area contributed by atoms with Gasteiger partial charge in [-0.2, -0.15) is 0 Å². The standard InChI is InChI=1S/C13H10Br2FN3O/c1-6-4-8(14)11(9(15)5-6)19-13(20)7-2-3-18-12(17)10(7)16/h2-5H,1H3,(H2,17,18)(H,19,20). The van der Waals surface area contributed by atoms with Crippen molar-refractivity contribution in [2.24, 2.45) is 0 Å². The van der Waals surface area contributed by atoms with E-state index in [-0.39, 0.29) is 11.4 Å². The van der Waals surface area contributed by atoms with Crippen molar-refractivity contribution in [2.75, 3.05) is 11.1 Å². The van der Waals surface area contributed by atoms with Crippen molar-refractivity contribution in [3.63, 3.8) is 0 Å². The Bertz CT molecular complexity index is 668. The van der Waals surface area contributed by atoms with E-state index in [1.54, 1.807) is 0 Å². The summed E-state index contributed by atoms with van der Waals surface area (Å²) in [6.07, 6.45) is 1.28. The largest absolute Gasteiger partial charge is 0.381 e. The Morgan fingerprint density at radius 2 is 1.95 bits per heavy atom. The van der Waals surface area contributed by atoms with Crippen LogP contribution in [0.15, 0.2) is 33.3 Å². The van der Waals surface area contributed by atoms with E-state index in [1.807, 2.05) is 19.1 Å². The Balaban J connectivity index is 2.36. The van der Waals surface area contributed by atoms with Gasteiger partial charge in [-0.3, -0.25) is 4.79 Å². The maximum atomic E-state index is 13.7. The lowest BCUT2D eigenvalue weighted by Crippen LogP contribution is -2.16. The minimum Gasteiger partial charge on any atom is -0.381 e. The molecule has 0 saturated heterocycles. The minimum absolute atomic E-state index is 0.156. The van der Waals surface area contributed by atoms with Crippen LogP contribution < -0.4 is 11.1 Å². The minimum atomic E-state index is -0.829. The van der Waals surface area contributed by atoms with Gasteiger partial charge in [-0.1, -0.05) is 0 Å². The summed E-state index contributed by atoms with van der Waals surface area (Å²) >= 11 is 6.71. The summed E-state index contributed by atoms with van der Waals surface area (Å²) in [5.41, 5.74) is 6.73. The number of nitrogens with two attached hydrogens (primary N) is 1. The van der Waals surface area contributed by atoms with Crippen LogP contribution >= 0.6 is 31.9 Å². The number of amides is 1. The Morgan fingerprint density at radius 3 is 2.55 bits per heavy atom. The lowest BCUT2D eigenvalue weighted by Gasteiger charge is -2.11. The summed E-state index contributed by atoms with van der Waals surface area (Å²) in [5, 5.41) is 2.63. The smallest absolute Gasteiger partial charge is 0.258 e. The van der Waals surface area contributed by atoms with Crippen molar-refractivity contribution in [3.8, 4) is 0 Å². The van der Waals surface area contributed by atoms with Gasteiger partial charge in [-0.05, 0) is 62.5 Å². The molecule has 0 unspecified atom stereocenters. The molecule has 7 heteroatoms. The Kier molecular flexibility index (Phi) is 4.39. The number of aryl methyl sites for hydroxylation is 1. The van der Waals surface area contributed by atoms with Crippen LogP contribution in [0.2, 0.25) is 0 Å². The molecule has 3 N–H and O–H groups in total. The van der Waals surface area contributed by atoms with Gasteiger partial charge in [-0.15, -0.1) is 0 Å². The highest BCUT2D eigenvalue weighted by molar-refractivity contribution is 9.11. The van der Waals surface area contributed by atoms with Gasteiger partial charge in [0, 0.05) is 15.1 Å². The maximum absolute atomic E-state index is 13.7. The Hall–Kier alpha value is -1.47. The molecule has 4 nitrogen and oxygen atoms in total. The molecule has 2 aromatic rings. The Morgan fingerprint density at radius 1 is 1.35 bits per heavy atom. The van der Waals surface area contributed by atoms with Crippen LogP contribution in [0, 0.1) is 12.7 Å². The van der Waals surface area contributed by atoms with Crippen LogP contribution in [0.5, 0.6) is 0 Å². The molecule has 0 saturated carbocycles. The molecule has 1 aromatic heterocycles. The number of nitrogens with zero attached hydrogens (tertiary/aromatic N) is 1. The normalized spacial score (nSPS) is 10.4. The van der Waals surface area contributed by atoms with E-state index in [0.29, 0.717) is 14.6 Å². The van der Waals surface area contributed by atoms with Crippen molar-refractivity contribution in [1.82, 2.24) is 4.98 Å². The van der Waals surface area contributed by atoms with Crippen LogP contribution in [0.4, 0.5) is 15.9 Å². The number of halogens is 3. The molecular formula is C13H10Br2FN3O. The van der Waals surface area contributed by atoms with E-state index in [1.165, 1.54) is 12.3 Å². The second-order valence-corrected chi connectivity index (χ2v) is 5.82. The molecular weight excluding hydrogens is 393 g/mol. The quantitative estimate of drug-likeness (QED) is 0.800. The first-order chi connectivity index (χ1) is 9.40. The average Bonchev–Trinajstić information content (AvgIpc) is 2.36. The number of benzene rings is 1. The highest BCUT2D eigenvalue weighted by atomic mass is 79.9. The summed E-state index contributed by atoms with van der Waals surface area (Å²) in [6.45, 7) is 1.92. The second kappa shape index (κ2) is 5.88. The zero-order valence-electron chi connectivity index (χ0n) is 10.4. The zero-order valence-corrected chi connectivity index (χ0v) is 13.5. The predicted octanol–water partition coefficient (Wildman–Crippen LogP) is 3.89. The lowest BCUT2D eigenvalue weighted by atomic mass is 10.2. The third-order valence-electron chi connectivity index (χ3n) is 2.59. The molecule has 0 aliphatic heterocycles. The molecule has 1 aromatic carbocycles. The lowest BCUT2D eigenvalue weighted by molar-refractivity contribution is 0.102. The molecule has 0 atom stereocenters.